The number of ether oxygens (including phenoxy) is 1. The molecule has 0 saturated carbocycles. The Kier molecular flexibility index (Phi) is 5.11. The quantitative estimate of drug-likeness (QED) is 0.823. The summed E-state index contributed by atoms with van der Waals surface area (Å²) in [6.07, 6.45) is 0.904. The molecule has 1 heterocycles. The lowest BCUT2D eigenvalue weighted by molar-refractivity contribution is 0.0701. The molecule has 1 aromatic carbocycles. The Bertz CT molecular complexity index is 594. The molecule has 0 bridgehead atoms. The van der Waals surface area contributed by atoms with E-state index in [1.165, 1.54) is 11.3 Å². The van der Waals surface area contributed by atoms with Crippen molar-refractivity contribution in [1.82, 2.24) is 5.32 Å². The Labute approximate surface area is 122 Å². The van der Waals surface area contributed by atoms with Gasteiger partial charge in [-0.25, -0.2) is 4.79 Å². The minimum Gasteiger partial charge on any atom is -0.477 e. The first-order chi connectivity index (χ1) is 9.63. The lowest BCUT2D eigenvalue weighted by Gasteiger charge is -2.13. The van der Waals surface area contributed by atoms with Gasteiger partial charge in [0.1, 0.15) is 4.88 Å². The van der Waals surface area contributed by atoms with Crippen LogP contribution in [0.15, 0.2) is 24.3 Å². The van der Waals surface area contributed by atoms with Crippen molar-refractivity contribution in [2.75, 3.05) is 13.7 Å². The van der Waals surface area contributed by atoms with E-state index in [1.54, 1.807) is 7.11 Å². The van der Waals surface area contributed by atoms with Gasteiger partial charge in [0, 0.05) is 31.0 Å². The summed E-state index contributed by atoms with van der Waals surface area (Å²) >= 11 is 1.34. The standard InChI is InChI=1S/C15H19NO3S/c1-10(7-8-19-2)16-9-12-11-5-3-4-6-13(11)20-14(12)15(17)18/h3-6,10,16H,7-9H2,1-2H3,(H,17,18). The molecule has 2 rings (SSSR count). The zero-order valence-electron chi connectivity index (χ0n) is 11.7. The monoisotopic (exact) mass is 293 g/mol. The van der Waals surface area contributed by atoms with Gasteiger partial charge in [0.2, 0.25) is 0 Å². The van der Waals surface area contributed by atoms with Crippen molar-refractivity contribution in [1.29, 1.82) is 0 Å². The SMILES string of the molecule is COCCC(C)NCc1c(C(=O)O)sc2ccccc12. The van der Waals surface area contributed by atoms with Gasteiger partial charge in [0.15, 0.2) is 0 Å². The minimum atomic E-state index is -0.854. The number of hydrogen-bond acceptors (Lipinski definition) is 4. The number of carboxylic acid groups (broad SMARTS) is 1. The summed E-state index contributed by atoms with van der Waals surface area (Å²) in [6, 6.07) is 8.11. The number of aromatic carboxylic acids is 1. The molecule has 5 heteroatoms. The van der Waals surface area contributed by atoms with Crippen molar-refractivity contribution in [3.05, 3.63) is 34.7 Å². The smallest absolute Gasteiger partial charge is 0.346 e. The van der Waals surface area contributed by atoms with Crippen LogP contribution in [-0.2, 0) is 11.3 Å². The Morgan fingerprint density at radius 2 is 2.20 bits per heavy atom. The van der Waals surface area contributed by atoms with Crippen LogP contribution in [0.25, 0.3) is 10.1 Å². The van der Waals surface area contributed by atoms with Gasteiger partial charge < -0.3 is 15.2 Å². The minimum absolute atomic E-state index is 0.287. The molecule has 0 aliphatic rings. The molecule has 0 amide bonds. The van der Waals surface area contributed by atoms with E-state index in [-0.39, 0.29) is 6.04 Å². The first-order valence-electron chi connectivity index (χ1n) is 6.59. The number of carbonyl (C=O) groups is 1. The summed E-state index contributed by atoms with van der Waals surface area (Å²) in [7, 11) is 1.68. The van der Waals surface area contributed by atoms with Crippen molar-refractivity contribution in [3.63, 3.8) is 0 Å². The van der Waals surface area contributed by atoms with E-state index in [9.17, 15) is 9.90 Å². The molecule has 2 N–H and O–H groups in total. The van der Waals surface area contributed by atoms with Crippen molar-refractivity contribution in [3.8, 4) is 0 Å². The van der Waals surface area contributed by atoms with Crippen molar-refractivity contribution in [2.45, 2.75) is 25.9 Å². The molecule has 0 spiro atoms. The molecule has 0 aliphatic carbocycles. The van der Waals surface area contributed by atoms with Gasteiger partial charge in [-0.2, -0.15) is 0 Å². The van der Waals surface area contributed by atoms with Crippen LogP contribution in [0, 0.1) is 0 Å². The van der Waals surface area contributed by atoms with Gasteiger partial charge in [-0.15, -0.1) is 11.3 Å². The Balaban J connectivity index is 2.19. The molecule has 1 atom stereocenters. The van der Waals surface area contributed by atoms with Gasteiger partial charge in [0.05, 0.1) is 0 Å². The van der Waals surface area contributed by atoms with Crippen LogP contribution >= 0.6 is 11.3 Å². The van der Waals surface area contributed by atoms with Crippen LogP contribution in [0.2, 0.25) is 0 Å². The maximum Gasteiger partial charge on any atom is 0.346 e. The first-order valence-corrected chi connectivity index (χ1v) is 7.41. The molecule has 0 fully saturated rings. The molecule has 0 radical (unpaired) electrons. The predicted octanol–water partition coefficient (Wildman–Crippen LogP) is 3.11. The van der Waals surface area contributed by atoms with E-state index in [4.69, 9.17) is 4.74 Å². The fourth-order valence-corrected chi connectivity index (χ4v) is 3.18. The average Bonchev–Trinajstić information content (AvgIpc) is 2.82. The highest BCUT2D eigenvalue weighted by molar-refractivity contribution is 7.21. The highest BCUT2D eigenvalue weighted by atomic mass is 32.1. The third-order valence-electron chi connectivity index (χ3n) is 3.27. The highest BCUT2D eigenvalue weighted by Gasteiger charge is 2.17. The number of carboxylic acids is 1. The molecule has 2 aromatic rings. The third kappa shape index (κ3) is 3.36. The van der Waals surface area contributed by atoms with E-state index >= 15 is 0 Å². The number of rotatable bonds is 7. The fraction of sp³-hybridized carbons (Fsp3) is 0.400. The Morgan fingerprint density at radius 3 is 2.90 bits per heavy atom. The first kappa shape index (κ1) is 15.0. The zero-order valence-corrected chi connectivity index (χ0v) is 12.5. The van der Waals surface area contributed by atoms with Crippen LogP contribution in [0.4, 0.5) is 0 Å². The lowest BCUT2D eigenvalue weighted by atomic mass is 10.1. The largest absolute Gasteiger partial charge is 0.477 e. The van der Waals surface area contributed by atoms with Crippen LogP contribution < -0.4 is 5.32 Å². The molecule has 0 aliphatic heterocycles. The van der Waals surface area contributed by atoms with Crippen LogP contribution in [0.1, 0.15) is 28.6 Å². The normalized spacial score (nSPS) is 12.7. The van der Waals surface area contributed by atoms with E-state index < -0.39 is 5.97 Å². The second-order valence-corrected chi connectivity index (χ2v) is 5.83. The Hall–Kier alpha value is -1.43. The molecule has 4 nitrogen and oxygen atoms in total. The maximum absolute atomic E-state index is 11.4. The number of nitrogens with one attached hydrogen (secondary N) is 1. The van der Waals surface area contributed by atoms with E-state index in [0.29, 0.717) is 18.0 Å². The van der Waals surface area contributed by atoms with Crippen LogP contribution in [0.3, 0.4) is 0 Å². The zero-order chi connectivity index (χ0) is 14.5. The summed E-state index contributed by atoms with van der Waals surface area (Å²) in [5.41, 5.74) is 0.877. The molecular weight excluding hydrogens is 274 g/mol. The molecule has 1 aromatic heterocycles. The maximum atomic E-state index is 11.4. The van der Waals surface area contributed by atoms with E-state index in [1.807, 2.05) is 24.3 Å². The summed E-state index contributed by atoms with van der Waals surface area (Å²) in [4.78, 5) is 11.8. The highest BCUT2D eigenvalue weighted by Crippen LogP contribution is 2.31. The third-order valence-corrected chi connectivity index (χ3v) is 4.48. The van der Waals surface area contributed by atoms with Crippen LogP contribution in [-0.4, -0.2) is 30.8 Å². The summed E-state index contributed by atoms with van der Waals surface area (Å²) in [6.45, 7) is 3.34. The van der Waals surface area contributed by atoms with Crippen LogP contribution in [0.5, 0.6) is 0 Å². The topological polar surface area (TPSA) is 58.6 Å². The number of methoxy groups -OCH3 is 1. The predicted molar refractivity (Wildman–Crippen MR) is 81.6 cm³/mol. The van der Waals surface area contributed by atoms with Crippen molar-refractivity contribution >= 4 is 27.4 Å². The fourth-order valence-electron chi connectivity index (χ4n) is 2.12. The van der Waals surface area contributed by atoms with Gasteiger partial charge in [0.25, 0.3) is 0 Å². The Morgan fingerprint density at radius 1 is 1.45 bits per heavy atom. The second kappa shape index (κ2) is 6.83. The average molecular weight is 293 g/mol. The second-order valence-electron chi connectivity index (χ2n) is 4.77. The summed E-state index contributed by atoms with van der Waals surface area (Å²) < 4.78 is 6.07. The summed E-state index contributed by atoms with van der Waals surface area (Å²) in [5, 5.41) is 13.7. The molecule has 0 saturated heterocycles. The van der Waals surface area contributed by atoms with E-state index in [2.05, 4.69) is 12.2 Å². The van der Waals surface area contributed by atoms with Gasteiger partial charge >= 0.3 is 5.97 Å². The van der Waals surface area contributed by atoms with Crippen molar-refractivity contribution < 1.29 is 14.6 Å². The summed E-state index contributed by atoms with van der Waals surface area (Å²) in [5.74, 6) is -0.854. The number of hydrogen-bond donors (Lipinski definition) is 2. The molecule has 1 unspecified atom stereocenters. The lowest BCUT2D eigenvalue weighted by Crippen LogP contribution is -2.27. The van der Waals surface area contributed by atoms with Crippen molar-refractivity contribution in [2.24, 2.45) is 0 Å². The van der Waals surface area contributed by atoms with E-state index in [0.717, 1.165) is 22.1 Å². The number of fused-ring (bicyclic) bond motifs is 1. The number of thiophene rings is 1. The number of benzene rings is 1. The van der Waals surface area contributed by atoms with Gasteiger partial charge in [-0.3, -0.25) is 0 Å². The van der Waals surface area contributed by atoms with Gasteiger partial charge in [-0.1, -0.05) is 18.2 Å². The molecule has 108 valence electrons. The molecular formula is C15H19NO3S. The van der Waals surface area contributed by atoms with Gasteiger partial charge in [-0.05, 0) is 30.4 Å². The molecule has 20 heavy (non-hydrogen) atoms.